The Morgan fingerprint density at radius 2 is 2.06 bits per heavy atom. The predicted octanol–water partition coefficient (Wildman–Crippen LogP) is 3.12. The molecule has 0 atom stereocenters. The third kappa shape index (κ3) is 2.86. The largest absolute Gasteiger partial charge is 0.360 e. The van der Waals surface area contributed by atoms with E-state index in [1.807, 2.05) is 36.7 Å². The van der Waals surface area contributed by atoms with Crippen LogP contribution < -0.4 is 0 Å². The molecule has 0 bridgehead atoms. The summed E-state index contributed by atoms with van der Waals surface area (Å²) in [5.41, 5.74) is 2.14. The Morgan fingerprint density at radius 3 is 2.72 bits per heavy atom. The van der Waals surface area contributed by atoms with Crippen molar-refractivity contribution in [2.75, 3.05) is 13.1 Å². The lowest BCUT2D eigenvalue weighted by atomic mass is 10.1. The molecule has 1 aromatic rings. The number of allylic oxidation sites excluding steroid dienone is 2. The minimum atomic E-state index is 0.862. The van der Waals surface area contributed by atoms with E-state index in [0.717, 1.165) is 36.6 Å². The van der Waals surface area contributed by atoms with Crippen molar-refractivity contribution in [3.05, 3.63) is 48.4 Å². The minimum Gasteiger partial charge on any atom is -0.360 e. The molecule has 0 radical (unpaired) electrons. The Labute approximate surface area is 109 Å². The Morgan fingerprint density at radius 1 is 1.22 bits per heavy atom. The summed E-state index contributed by atoms with van der Waals surface area (Å²) in [6, 6.07) is 5.97. The number of hydrogen-bond donors (Lipinski definition) is 0. The van der Waals surface area contributed by atoms with Crippen molar-refractivity contribution in [1.29, 1.82) is 0 Å². The van der Waals surface area contributed by atoms with Crippen LogP contribution in [-0.4, -0.2) is 28.8 Å². The van der Waals surface area contributed by atoms with Gasteiger partial charge in [-0.3, -0.25) is 4.98 Å². The van der Waals surface area contributed by atoms with Crippen LogP contribution in [0.25, 0.3) is 5.57 Å². The van der Waals surface area contributed by atoms with Crippen molar-refractivity contribution in [3.63, 3.8) is 0 Å². The average molecular weight is 241 g/mol. The van der Waals surface area contributed by atoms with Crippen LogP contribution in [0.1, 0.15) is 26.0 Å². The Bertz CT molecular complexity index is 468. The molecule has 1 aliphatic heterocycles. The number of hydrogen-bond acceptors (Lipinski definition) is 3. The van der Waals surface area contributed by atoms with E-state index in [0.29, 0.717) is 0 Å². The van der Waals surface area contributed by atoms with Gasteiger partial charge >= 0.3 is 0 Å². The summed E-state index contributed by atoms with van der Waals surface area (Å²) in [6.45, 7) is 6.31. The van der Waals surface area contributed by atoms with Crippen molar-refractivity contribution < 1.29 is 0 Å². The van der Waals surface area contributed by atoms with Gasteiger partial charge in [-0.15, -0.1) is 0 Å². The van der Waals surface area contributed by atoms with Gasteiger partial charge in [-0.05, 0) is 37.6 Å². The maximum absolute atomic E-state index is 4.52. The molecule has 0 fully saturated rings. The van der Waals surface area contributed by atoms with E-state index in [2.05, 4.69) is 34.8 Å². The van der Waals surface area contributed by atoms with Crippen molar-refractivity contribution in [2.24, 2.45) is 4.99 Å². The van der Waals surface area contributed by atoms with Crippen LogP contribution in [0.5, 0.6) is 0 Å². The molecule has 3 heteroatoms. The molecule has 0 spiro atoms. The molecule has 0 unspecified atom stereocenters. The van der Waals surface area contributed by atoms with E-state index in [4.69, 9.17) is 0 Å². The van der Waals surface area contributed by atoms with Crippen molar-refractivity contribution in [3.8, 4) is 0 Å². The lowest BCUT2D eigenvalue weighted by Gasteiger charge is -2.21. The summed E-state index contributed by atoms with van der Waals surface area (Å²) in [5.74, 6) is 1.13. The van der Waals surface area contributed by atoms with E-state index in [1.165, 1.54) is 0 Å². The second-order valence-electron chi connectivity index (χ2n) is 4.11. The third-order valence-electron chi connectivity index (χ3n) is 3.07. The van der Waals surface area contributed by atoms with Gasteiger partial charge in [-0.2, -0.15) is 0 Å². The first-order valence-corrected chi connectivity index (χ1v) is 6.45. The monoisotopic (exact) mass is 241 g/mol. The lowest BCUT2D eigenvalue weighted by molar-refractivity contribution is 0.459. The highest BCUT2D eigenvalue weighted by atomic mass is 15.2. The first-order chi connectivity index (χ1) is 8.85. The summed E-state index contributed by atoms with van der Waals surface area (Å²) in [4.78, 5) is 11.2. The van der Waals surface area contributed by atoms with Crippen LogP contribution in [0, 0.1) is 0 Å². The predicted molar refractivity (Wildman–Crippen MR) is 76.3 cm³/mol. The van der Waals surface area contributed by atoms with Crippen LogP contribution in [0.4, 0.5) is 0 Å². The Hall–Kier alpha value is -1.90. The molecule has 3 nitrogen and oxygen atoms in total. The molecule has 1 aliphatic rings. The zero-order valence-corrected chi connectivity index (χ0v) is 11.0. The number of amidine groups is 1. The molecule has 0 aliphatic carbocycles. The number of rotatable bonds is 3. The van der Waals surface area contributed by atoms with Gasteiger partial charge in [0.25, 0.3) is 0 Å². The topological polar surface area (TPSA) is 28.5 Å². The number of nitrogens with zero attached hydrogens (tertiary/aromatic N) is 3. The summed E-state index contributed by atoms with van der Waals surface area (Å²) in [6.07, 6.45) is 8.78. The Balaban J connectivity index is 2.17. The molecule has 0 saturated carbocycles. The SMILES string of the molecule is CCN(CC)C1=NC=CC(c2ccccn2)=CC1. The fourth-order valence-corrected chi connectivity index (χ4v) is 2.05. The molecule has 2 heterocycles. The van der Waals surface area contributed by atoms with Crippen LogP contribution in [-0.2, 0) is 0 Å². The summed E-state index contributed by atoms with van der Waals surface area (Å²) in [7, 11) is 0. The van der Waals surface area contributed by atoms with E-state index in [-0.39, 0.29) is 0 Å². The highest BCUT2D eigenvalue weighted by Gasteiger charge is 2.08. The van der Waals surface area contributed by atoms with Crippen LogP contribution in [0.3, 0.4) is 0 Å². The lowest BCUT2D eigenvalue weighted by Crippen LogP contribution is -2.29. The molecule has 94 valence electrons. The van der Waals surface area contributed by atoms with Gasteiger partial charge in [0.05, 0.1) is 5.69 Å². The van der Waals surface area contributed by atoms with E-state index in [1.54, 1.807) is 0 Å². The third-order valence-corrected chi connectivity index (χ3v) is 3.07. The highest BCUT2D eigenvalue weighted by molar-refractivity contribution is 5.88. The van der Waals surface area contributed by atoms with E-state index in [9.17, 15) is 0 Å². The highest BCUT2D eigenvalue weighted by Crippen LogP contribution is 2.17. The molecular formula is C15H19N3. The fourth-order valence-electron chi connectivity index (χ4n) is 2.05. The van der Waals surface area contributed by atoms with Gasteiger partial charge in [-0.1, -0.05) is 12.1 Å². The normalized spacial score (nSPS) is 14.8. The maximum atomic E-state index is 4.52. The van der Waals surface area contributed by atoms with Crippen LogP contribution in [0.2, 0.25) is 0 Å². The fraction of sp³-hybridized carbons (Fsp3) is 0.333. The summed E-state index contributed by atoms with van der Waals surface area (Å²) in [5, 5.41) is 0. The number of aliphatic imine (C=N–C) groups is 1. The Kier molecular flexibility index (Phi) is 4.29. The first-order valence-electron chi connectivity index (χ1n) is 6.45. The average Bonchev–Trinajstić information content (AvgIpc) is 2.67. The minimum absolute atomic E-state index is 0.862. The number of aromatic nitrogens is 1. The summed E-state index contributed by atoms with van der Waals surface area (Å²) >= 11 is 0. The zero-order valence-electron chi connectivity index (χ0n) is 11.0. The molecule has 0 amide bonds. The van der Waals surface area contributed by atoms with Crippen LogP contribution >= 0.6 is 0 Å². The first kappa shape index (κ1) is 12.6. The van der Waals surface area contributed by atoms with E-state index >= 15 is 0 Å². The maximum Gasteiger partial charge on any atom is 0.108 e. The summed E-state index contributed by atoms with van der Waals surface area (Å²) < 4.78 is 0. The quantitative estimate of drug-likeness (QED) is 0.813. The van der Waals surface area contributed by atoms with Gasteiger partial charge in [0.2, 0.25) is 0 Å². The van der Waals surface area contributed by atoms with Crippen molar-refractivity contribution in [2.45, 2.75) is 20.3 Å². The van der Waals surface area contributed by atoms with Gasteiger partial charge in [0.15, 0.2) is 0 Å². The van der Waals surface area contributed by atoms with Gasteiger partial charge in [0, 0.05) is 31.9 Å². The molecule has 2 rings (SSSR count). The van der Waals surface area contributed by atoms with Crippen molar-refractivity contribution >= 4 is 11.4 Å². The standard InChI is InChI=1S/C15H19N3/c1-3-18(4-2)15-9-8-13(10-12-17-15)14-7-5-6-11-16-14/h5-8,10-12H,3-4,9H2,1-2H3. The smallest absolute Gasteiger partial charge is 0.108 e. The van der Waals surface area contributed by atoms with Crippen molar-refractivity contribution in [1.82, 2.24) is 9.88 Å². The van der Waals surface area contributed by atoms with Gasteiger partial charge in [0.1, 0.15) is 5.84 Å². The number of pyridine rings is 1. The second-order valence-corrected chi connectivity index (χ2v) is 4.11. The van der Waals surface area contributed by atoms with Gasteiger partial charge < -0.3 is 4.90 Å². The zero-order chi connectivity index (χ0) is 12.8. The van der Waals surface area contributed by atoms with E-state index < -0.39 is 0 Å². The molecule has 1 aromatic heterocycles. The van der Waals surface area contributed by atoms with Gasteiger partial charge in [-0.25, -0.2) is 4.99 Å². The second kappa shape index (κ2) is 6.15. The molecule has 0 N–H and O–H groups in total. The molecule has 18 heavy (non-hydrogen) atoms. The molecule has 0 saturated heterocycles. The molecule has 0 aromatic carbocycles. The molecular weight excluding hydrogens is 222 g/mol. The van der Waals surface area contributed by atoms with Crippen LogP contribution in [0.15, 0.2) is 47.7 Å².